The molecule has 2 aromatic carbocycles. The third-order valence-electron chi connectivity index (χ3n) is 5.53. The number of hydrogen-bond donors (Lipinski definition) is 1. The van der Waals surface area contributed by atoms with Gasteiger partial charge in [-0.15, -0.1) is 0 Å². The maximum Gasteiger partial charge on any atom is 0.410 e. The maximum absolute atomic E-state index is 12.4. The Hall–Kier alpha value is -4.08. The number of hydrogen-bond acceptors (Lipinski definition) is 7. The molecule has 1 aliphatic heterocycles. The summed E-state index contributed by atoms with van der Waals surface area (Å²) in [6.45, 7) is 7.90. The largest absolute Gasteiger partial charge is 0.710 e. The molecule has 1 N–H and O–H groups in total. The van der Waals surface area contributed by atoms with Gasteiger partial charge < -0.3 is 19.7 Å². The van der Waals surface area contributed by atoms with Gasteiger partial charge in [0.1, 0.15) is 11.3 Å². The number of anilines is 3. The van der Waals surface area contributed by atoms with Crippen LogP contribution in [0.5, 0.6) is 0 Å². The lowest BCUT2D eigenvalue weighted by molar-refractivity contribution is -0.593. The van der Waals surface area contributed by atoms with Crippen molar-refractivity contribution in [1.82, 2.24) is 4.90 Å². The van der Waals surface area contributed by atoms with Crippen LogP contribution in [0.3, 0.4) is 0 Å². The number of nitro groups is 1. The molecule has 178 valence electrons. The van der Waals surface area contributed by atoms with Crippen molar-refractivity contribution >= 4 is 39.7 Å². The fourth-order valence-corrected chi connectivity index (χ4v) is 3.95. The van der Waals surface area contributed by atoms with Crippen molar-refractivity contribution in [3.63, 3.8) is 0 Å². The van der Waals surface area contributed by atoms with Crippen LogP contribution in [0.4, 0.5) is 27.7 Å². The number of carbonyl (C=O) groups is 1. The third kappa shape index (κ3) is 4.95. The van der Waals surface area contributed by atoms with E-state index >= 15 is 0 Å². The number of fused-ring (bicyclic) bond motifs is 1. The van der Waals surface area contributed by atoms with Gasteiger partial charge in [-0.25, -0.2) is 14.8 Å². The van der Waals surface area contributed by atoms with E-state index in [0.29, 0.717) is 36.6 Å². The molecule has 1 aliphatic rings. The molecular formula is C24H27N5O5. The van der Waals surface area contributed by atoms with Crippen LogP contribution in [0, 0.1) is 15.3 Å². The van der Waals surface area contributed by atoms with Crippen LogP contribution in [-0.4, -0.2) is 47.7 Å². The van der Waals surface area contributed by atoms with Crippen molar-refractivity contribution in [2.45, 2.75) is 26.4 Å². The van der Waals surface area contributed by atoms with Crippen molar-refractivity contribution in [2.75, 3.05) is 36.4 Å². The molecule has 10 heteroatoms. The number of aromatic nitrogens is 1. The van der Waals surface area contributed by atoms with Crippen LogP contribution in [0.2, 0.25) is 0 Å². The summed E-state index contributed by atoms with van der Waals surface area (Å²) >= 11 is 0. The number of nitrogens with one attached hydrogen (secondary N) is 1. The van der Waals surface area contributed by atoms with Crippen LogP contribution in [0.25, 0.3) is 10.8 Å². The second-order valence-corrected chi connectivity index (χ2v) is 9.12. The van der Waals surface area contributed by atoms with Gasteiger partial charge in [-0.05, 0) is 50.4 Å². The summed E-state index contributed by atoms with van der Waals surface area (Å²) in [5.74, 6) is -0.143. The molecule has 2 heterocycles. The summed E-state index contributed by atoms with van der Waals surface area (Å²) in [6.07, 6.45) is 0.901. The van der Waals surface area contributed by atoms with E-state index in [1.807, 2.05) is 51.1 Å². The molecule has 1 aromatic heterocycles. The topological polar surface area (TPSA) is 115 Å². The minimum atomic E-state index is -0.590. The van der Waals surface area contributed by atoms with E-state index in [2.05, 4.69) is 10.2 Å². The molecule has 3 aromatic rings. The molecule has 4 rings (SSSR count). The predicted octanol–water partition coefficient (Wildman–Crippen LogP) is 4.18. The first-order chi connectivity index (χ1) is 16.1. The third-order valence-corrected chi connectivity index (χ3v) is 5.53. The lowest BCUT2D eigenvalue weighted by Crippen LogP contribution is -2.50. The minimum Gasteiger partial charge on any atom is -0.710 e. The van der Waals surface area contributed by atoms with Gasteiger partial charge in [-0.1, -0.05) is 18.2 Å². The average molecular weight is 466 g/mol. The van der Waals surface area contributed by atoms with Gasteiger partial charge in [-0.3, -0.25) is 10.1 Å². The molecule has 10 nitrogen and oxygen atoms in total. The Labute approximate surface area is 197 Å². The van der Waals surface area contributed by atoms with Crippen LogP contribution in [-0.2, 0) is 4.74 Å². The van der Waals surface area contributed by atoms with Crippen molar-refractivity contribution < 1.29 is 19.2 Å². The molecule has 0 radical (unpaired) electrons. The monoisotopic (exact) mass is 465 g/mol. The van der Waals surface area contributed by atoms with E-state index < -0.39 is 10.5 Å². The molecule has 0 bridgehead atoms. The minimum absolute atomic E-state index is 0.143. The molecule has 1 saturated heterocycles. The molecule has 0 aliphatic carbocycles. The Bertz CT molecular complexity index is 1230. The summed E-state index contributed by atoms with van der Waals surface area (Å²) in [7, 11) is 0. The molecule has 0 atom stereocenters. The number of carbonyl (C=O) groups excluding carboxylic acids is 1. The number of benzene rings is 2. The number of nitrogens with zero attached hydrogens (tertiary/aromatic N) is 4. The van der Waals surface area contributed by atoms with Gasteiger partial charge in [-0.2, -0.15) is 0 Å². The lowest BCUT2D eigenvalue weighted by atomic mass is 10.1. The average Bonchev–Trinajstić information content (AvgIpc) is 2.79. The Balaban J connectivity index is 1.58. The van der Waals surface area contributed by atoms with E-state index in [1.54, 1.807) is 11.0 Å². The van der Waals surface area contributed by atoms with Crippen LogP contribution in [0.15, 0.2) is 54.7 Å². The van der Waals surface area contributed by atoms with Gasteiger partial charge in [0.15, 0.2) is 0 Å². The molecule has 1 amide bonds. The number of rotatable bonds is 4. The zero-order valence-corrected chi connectivity index (χ0v) is 19.4. The van der Waals surface area contributed by atoms with Crippen molar-refractivity contribution in [1.29, 1.82) is 0 Å². The van der Waals surface area contributed by atoms with Crippen LogP contribution in [0.1, 0.15) is 20.8 Å². The summed E-state index contributed by atoms with van der Waals surface area (Å²) in [5, 5.41) is 28.4. The Morgan fingerprint density at radius 3 is 2.50 bits per heavy atom. The van der Waals surface area contributed by atoms with Gasteiger partial charge in [0.05, 0.1) is 11.1 Å². The number of amides is 1. The first kappa shape index (κ1) is 23.1. The molecular weight excluding hydrogens is 438 g/mol. The SMILES string of the molecule is CC(C)(C)OC(=O)N1CCN(c2cccc3ccc(Nc4c([N+](=O)[O-])ccc[n+]4[O-])cc23)CC1. The quantitative estimate of drug-likeness (QED) is 0.266. The van der Waals surface area contributed by atoms with Gasteiger partial charge in [0.2, 0.25) is 0 Å². The standard InChI is InChI=1S/C24H27N5O5/c1-24(2,3)34-23(30)27-14-12-26(13-15-27)20-7-4-6-17-9-10-18(16-19(17)20)25-22-21(29(32)33)8-5-11-28(22)31/h4-11,16,25H,12-15H2,1-3H3. The molecule has 0 unspecified atom stereocenters. The molecule has 34 heavy (non-hydrogen) atoms. The molecule has 0 saturated carbocycles. The van der Waals surface area contributed by atoms with E-state index in [9.17, 15) is 20.1 Å². The highest BCUT2D eigenvalue weighted by Gasteiger charge is 2.27. The maximum atomic E-state index is 12.4. The number of pyridine rings is 1. The van der Waals surface area contributed by atoms with E-state index in [1.165, 1.54) is 18.3 Å². The second-order valence-electron chi connectivity index (χ2n) is 9.12. The lowest BCUT2D eigenvalue weighted by Gasteiger charge is -2.37. The van der Waals surface area contributed by atoms with E-state index in [-0.39, 0.29) is 17.6 Å². The first-order valence-electron chi connectivity index (χ1n) is 11.0. The van der Waals surface area contributed by atoms with Crippen LogP contribution >= 0.6 is 0 Å². The molecule has 0 spiro atoms. The summed E-state index contributed by atoms with van der Waals surface area (Å²) < 4.78 is 5.93. The fraction of sp³-hybridized carbons (Fsp3) is 0.333. The fourth-order valence-electron chi connectivity index (χ4n) is 3.95. The predicted molar refractivity (Wildman–Crippen MR) is 129 cm³/mol. The smallest absolute Gasteiger partial charge is 0.410 e. The Kier molecular flexibility index (Phi) is 6.14. The molecule has 1 fully saturated rings. The number of ether oxygens (including phenoxy) is 1. The summed E-state index contributed by atoms with van der Waals surface area (Å²) in [4.78, 5) is 27.1. The Morgan fingerprint density at radius 1 is 1.09 bits per heavy atom. The van der Waals surface area contributed by atoms with Crippen molar-refractivity contribution in [2.24, 2.45) is 0 Å². The highest BCUT2D eigenvalue weighted by Crippen LogP contribution is 2.32. The first-order valence-corrected chi connectivity index (χ1v) is 11.0. The highest BCUT2D eigenvalue weighted by atomic mass is 16.6. The second kappa shape index (κ2) is 9.05. The summed E-state index contributed by atoms with van der Waals surface area (Å²) in [5.41, 5.74) is 0.710. The van der Waals surface area contributed by atoms with E-state index in [4.69, 9.17) is 4.74 Å². The van der Waals surface area contributed by atoms with Crippen molar-refractivity contribution in [3.8, 4) is 0 Å². The highest BCUT2D eigenvalue weighted by molar-refractivity contribution is 5.97. The van der Waals surface area contributed by atoms with Crippen molar-refractivity contribution in [3.05, 3.63) is 70.0 Å². The number of piperazine rings is 1. The van der Waals surface area contributed by atoms with Crippen LogP contribution < -0.4 is 14.9 Å². The summed E-state index contributed by atoms with van der Waals surface area (Å²) in [6, 6.07) is 14.1. The van der Waals surface area contributed by atoms with Gasteiger partial charge >= 0.3 is 17.6 Å². The zero-order valence-electron chi connectivity index (χ0n) is 19.4. The zero-order chi connectivity index (χ0) is 24.5. The van der Waals surface area contributed by atoms with Gasteiger partial charge in [0, 0.05) is 43.3 Å². The van der Waals surface area contributed by atoms with Gasteiger partial charge in [0.25, 0.3) is 0 Å². The van der Waals surface area contributed by atoms with E-state index in [0.717, 1.165) is 16.5 Å². The Morgan fingerprint density at radius 2 is 1.82 bits per heavy atom. The normalized spacial score (nSPS) is 14.2.